The van der Waals surface area contributed by atoms with Gasteiger partial charge in [0, 0.05) is 19.1 Å². The van der Waals surface area contributed by atoms with Crippen molar-refractivity contribution in [3.8, 4) is 0 Å². The Morgan fingerprint density at radius 3 is 3.00 bits per heavy atom. The maximum absolute atomic E-state index is 11.8. The van der Waals surface area contributed by atoms with E-state index in [0.29, 0.717) is 12.6 Å². The van der Waals surface area contributed by atoms with Gasteiger partial charge in [0.05, 0.1) is 6.54 Å². The molecule has 2 heterocycles. The summed E-state index contributed by atoms with van der Waals surface area (Å²) in [6.07, 6.45) is 3.61. The summed E-state index contributed by atoms with van der Waals surface area (Å²) in [6.45, 7) is 4.54. The molecule has 0 radical (unpaired) electrons. The Hall–Kier alpha value is -0.610. The minimum Gasteiger partial charge on any atom is -0.340 e. The number of hydrogen-bond acceptors (Lipinski definition) is 3. The summed E-state index contributed by atoms with van der Waals surface area (Å²) in [5.41, 5.74) is 0. The van der Waals surface area contributed by atoms with Crippen molar-refractivity contribution in [3.05, 3.63) is 0 Å². The predicted molar refractivity (Wildman–Crippen MR) is 59.7 cm³/mol. The summed E-state index contributed by atoms with van der Waals surface area (Å²) >= 11 is 0. The molecule has 2 aliphatic rings. The molecule has 1 N–H and O–H groups in total. The quantitative estimate of drug-likeness (QED) is 0.693. The molecule has 2 fully saturated rings. The summed E-state index contributed by atoms with van der Waals surface area (Å²) < 4.78 is 0. The van der Waals surface area contributed by atoms with Gasteiger partial charge in [0.15, 0.2) is 0 Å². The van der Waals surface area contributed by atoms with Crippen LogP contribution in [0.5, 0.6) is 0 Å². The van der Waals surface area contributed by atoms with Gasteiger partial charge in [-0.1, -0.05) is 0 Å². The van der Waals surface area contributed by atoms with E-state index in [1.165, 1.54) is 19.4 Å². The summed E-state index contributed by atoms with van der Waals surface area (Å²) in [6, 6.07) is 0.590. The Labute approximate surface area is 91.6 Å². The molecular formula is C11H21N3O. The third-order valence-electron chi connectivity index (χ3n) is 3.51. The number of nitrogens with zero attached hydrogens (tertiary/aromatic N) is 2. The first kappa shape index (κ1) is 10.9. The van der Waals surface area contributed by atoms with E-state index in [2.05, 4.69) is 17.3 Å². The average molecular weight is 211 g/mol. The smallest absolute Gasteiger partial charge is 0.236 e. The van der Waals surface area contributed by atoms with Crippen molar-refractivity contribution in [2.75, 3.05) is 39.8 Å². The van der Waals surface area contributed by atoms with E-state index >= 15 is 0 Å². The molecule has 2 rings (SSSR count). The first-order valence-electron chi connectivity index (χ1n) is 5.96. The van der Waals surface area contributed by atoms with E-state index in [4.69, 9.17) is 0 Å². The number of likely N-dealkylation sites (N-methyl/N-ethyl adjacent to an activating group) is 1. The molecule has 0 aliphatic carbocycles. The molecule has 0 spiro atoms. The van der Waals surface area contributed by atoms with Crippen LogP contribution in [0.3, 0.4) is 0 Å². The molecule has 1 atom stereocenters. The third kappa shape index (κ3) is 2.69. The largest absolute Gasteiger partial charge is 0.340 e. The molecule has 0 aromatic carbocycles. The lowest BCUT2D eigenvalue weighted by atomic mass is 10.2. The summed E-state index contributed by atoms with van der Waals surface area (Å²) in [7, 11) is 2.16. The standard InChI is InChI=1S/C11H21N3O/c1-13-6-2-4-10(13)9-14-7-3-5-12-8-11(14)15/h10,12H,2-9H2,1H3. The van der Waals surface area contributed by atoms with E-state index in [1.807, 2.05) is 4.90 Å². The normalized spacial score (nSPS) is 29.5. The van der Waals surface area contributed by atoms with E-state index < -0.39 is 0 Å². The predicted octanol–water partition coefficient (Wildman–Crippen LogP) is -0.0975. The summed E-state index contributed by atoms with van der Waals surface area (Å²) in [4.78, 5) is 16.2. The number of likely N-dealkylation sites (tertiary alicyclic amines) is 1. The minimum absolute atomic E-state index is 0.271. The van der Waals surface area contributed by atoms with Crippen molar-refractivity contribution in [2.24, 2.45) is 0 Å². The van der Waals surface area contributed by atoms with E-state index in [1.54, 1.807) is 0 Å². The zero-order chi connectivity index (χ0) is 10.7. The van der Waals surface area contributed by atoms with Gasteiger partial charge < -0.3 is 15.1 Å². The Bertz CT molecular complexity index is 232. The second-order valence-corrected chi connectivity index (χ2v) is 4.65. The maximum atomic E-state index is 11.8. The fourth-order valence-electron chi connectivity index (χ4n) is 2.48. The van der Waals surface area contributed by atoms with Gasteiger partial charge >= 0.3 is 0 Å². The van der Waals surface area contributed by atoms with Crippen molar-refractivity contribution in [2.45, 2.75) is 25.3 Å². The zero-order valence-electron chi connectivity index (χ0n) is 9.54. The first-order chi connectivity index (χ1) is 7.27. The van der Waals surface area contributed by atoms with Gasteiger partial charge in [-0.2, -0.15) is 0 Å². The molecule has 4 heteroatoms. The van der Waals surface area contributed by atoms with Crippen LogP contribution in [0.4, 0.5) is 0 Å². The zero-order valence-corrected chi connectivity index (χ0v) is 9.54. The Balaban J connectivity index is 1.88. The lowest BCUT2D eigenvalue weighted by molar-refractivity contribution is -0.130. The van der Waals surface area contributed by atoms with Crippen molar-refractivity contribution in [3.63, 3.8) is 0 Å². The molecule has 0 aromatic heterocycles. The van der Waals surface area contributed by atoms with Crippen LogP contribution in [0.15, 0.2) is 0 Å². The monoisotopic (exact) mass is 211 g/mol. The van der Waals surface area contributed by atoms with Crippen LogP contribution in [0, 0.1) is 0 Å². The number of amides is 1. The van der Waals surface area contributed by atoms with Crippen molar-refractivity contribution >= 4 is 5.91 Å². The van der Waals surface area contributed by atoms with Crippen LogP contribution in [0.1, 0.15) is 19.3 Å². The topological polar surface area (TPSA) is 35.6 Å². The Kier molecular flexibility index (Phi) is 3.59. The third-order valence-corrected chi connectivity index (χ3v) is 3.51. The molecule has 1 amide bonds. The van der Waals surface area contributed by atoms with Crippen LogP contribution in [-0.4, -0.2) is 61.5 Å². The van der Waals surface area contributed by atoms with Gasteiger partial charge in [0.1, 0.15) is 0 Å². The van der Waals surface area contributed by atoms with Crippen LogP contribution >= 0.6 is 0 Å². The van der Waals surface area contributed by atoms with E-state index in [0.717, 1.165) is 26.1 Å². The highest BCUT2D eigenvalue weighted by molar-refractivity contribution is 5.78. The van der Waals surface area contributed by atoms with Gasteiger partial charge in [-0.3, -0.25) is 4.79 Å². The SMILES string of the molecule is CN1CCCC1CN1CCCNCC1=O. The lowest BCUT2D eigenvalue weighted by Crippen LogP contribution is -2.43. The van der Waals surface area contributed by atoms with Crippen molar-refractivity contribution in [1.82, 2.24) is 15.1 Å². The molecule has 15 heavy (non-hydrogen) atoms. The lowest BCUT2D eigenvalue weighted by Gasteiger charge is -2.27. The highest BCUT2D eigenvalue weighted by atomic mass is 16.2. The first-order valence-corrected chi connectivity index (χ1v) is 5.96. The van der Waals surface area contributed by atoms with Crippen LogP contribution in [-0.2, 0) is 4.79 Å². The molecule has 0 saturated carbocycles. The fourth-order valence-corrected chi connectivity index (χ4v) is 2.48. The molecular weight excluding hydrogens is 190 g/mol. The molecule has 0 bridgehead atoms. The maximum Gasteiger partial charge on any atom is 0.236 e. The van der Waals surface area contributed by atoms with E-state index in [9.17, 15) is 4.79 Å². The van der Waals surface area contributed by atoms with Gasteiger partial charge in [0.25, 0.3) is 0 Å². The number of nitrogens with one attached hydrogen (secondary N) is 1. The Morgan fingerprint density at radius 2 is 2.27 bits per heavy atom. The van der Waals surface area contributed by atoms with Crippen LogP contribution in [0.25, 0.3) is 0 Å². The molecule has 4 nitrogen and oxygen atoms in total. The fraction of sp³-hybridized carbons (Fsp3) is 0.909. The Morgan fingerprint density at radius 1 is 1.40 bits per heavy atom. The molecule has 1 unspecified atom stereocenters. The molecule has 0 aromatic rings. The van der Waals surface area contributed by atoms with Gasteiger partial charge in [-0.15, -0.1) is 0 Å². The number of carbonyl (C=O) groups is 1. The molecule has 2 saturated heterocycles. The van der Waals surface area contributed by atoms with Gasteiger partial charge in [-0.25, -0.2) is 0 Å². The van der Waals surface area contributed by atoms with Crippen molar-refractivity contribution in [1.29, 1.82) is 0 Å². The molecule has 86 valence electrons. The van der Waals surface area contributed by atoms with Crippen LogP contribution in [0.2, 0.25) is 0 Å². The minimum atomic E-state index is 0.271. The number of rotatable bonds is 2. The molecule has 2 aliphatic heterocycles. The second-order valence-electron chi connectivity index (χ2n) is 4.65. The highest BCUT2D eigenvalue weighted by Crippen LogP contribution is 2.16. The number of hydrogen-bond donors (Lipinski definition) is 1. The van der Waals surface area contributed by atoms with Gasteiger partial charge in [-0.05, 0) is 39.4 Å². The number of carbonyl (C=O) groups excluding carboxylic acids is 1. The van der Waals surface area contributed by atoms with Crippen LogP contribution < -0.4 is 5.32 Å². The highest BCUT2D eigenvalue weighted by Gasteiger charge is 2.25. The van der Waals surface area contributed by atoms with E-state index in [-0.39, 0.29) is 5.91 Å². The summed E-state index contributed by atoms with van der Waals surface area (Å²) in [5.74, 6) is 0.271. The van der Waals surface area contributed by atoms with Gasteiger partial charge in [0.2, 0.25) is 5.91 Å². The summed E-state index contributed by atoms with van der Waals surface area (Å²) in [5, 5.41) is 3.16. The van der Waals surface area contributed by atoms with Crippen molar-refractivity contribution < 1.29 is 4.79 Å². The second kappa shape index (κ2) is 4.94. The average Bonchev–Trinajstić information content (AvgIpc) is 2.50.